The normalized spacial score (nSPS) is 13.0. The standard InChI is InChI=1S/C39H31N4O.C11H8N.Ir/c1-38(2,3)26-15-6-9-18-30(26)42-32-20-11-8-17-28(32)40-36(42)25-14-12-13-23-24-21-22-29-33(35(24)44-34(23)25)43-31-19-10-7-16-27(31)39(4,5)37(43)41-29;1-2-6-10(7-3-1)11-8-4-5-9-12-11;/h6-13,15-22H,1-5H3;1-6,8-9H;/q2*-1;. The smallest absolute Gasteiger partial charge is 0.147 e. The van der Waals surface area contributed by atoms with Crippen molar-refractivity contribution >= 4 is 44.0 Å². The monoisotopic (exact) mass is 918 g/mol. The van der Waals surface area contributed by atoms with Gasteiger partial charge in [0, 0.05) is 37.4 Å². The molecule has 0 bridgehead atoms. The third-order valence-electron chi connectivity index (χ3n) is 11.0. The average molecular weight is 918 g/mol. The molecule has 7 heteroatoms. The summed E-state index contributed by atoms with van der Waals surface area (Å²) in [4.78, 5) is 14.6. The van der Waals surface area contributed by atoms with Gasteiger partial charge in [0.15, 0.2) is 0 Å². The van der Waals surface area contributed by atoms with Crippen LogP contribution in [0.4, 0.5) is 0 Å². The molecule has 57 heavy (non-hydrogen) atoms. The zero-order valence-electron chi connectivity index (χ0n) is 32.3. The first-order valence-electron chi connectivity index (χ1n) is 19.0. The van der Waals surface area contributed by atoms with Crippen molar-refractivity contribution in [1.29, 1.82) is 0 Å². The van der Waals surface area contributed by atoms with Crippen molar-refractivity contribution in [2.45, 2.75) is 45.4 Å². The maximum atomic E-state index is 6.96. The van der Waals surface area contributed by atoms with Crippen molar-refractivity contribution in [3.8, 4) is 34.0 Å². The second kappa shape index (κ2) is 13.8. The molecule has 0 amide bonds. The number of imidazole rings is 2. The summed E-state index contributed by atoms with van der Waals surface area (Å²) in [7, 11) is 0. The summed E-state index contributed by atoms with van der Waals surface area (Å²) in [5.74, 6) is 1.85. The molecule has 4 aromatic heterocycles. The van der Waals surface area contributed by atoms with E-state index in [1.54, 1.807) is 6.20 Å². The van der Waals surface area contributed by atoms with Crippen LogP contribution in [-0.4, -0.2) is 24.1 Å². The second-order valence-corrected chi connectivity index (χ2v) is 15.9. The first-order valence-corrected chi connectivity index (χ1v) is 19.0. The van der Waals surface area contributed by atoms with Gasteiger partial charge >= 0.3 is 0 Å². The Hall–Kier alpha value is -6.14. The summed E-state index contributed by atoms with van der Waals surface area (Å²) in [6, 6.07) is 54.3. The maximum absolute atomic E-state index is 6.96. The first kappa shape index (κ1) is 36.5. The Morgan fingerprint density at radius 2 is 1.37 bits per heavy atom. The number of rotatable bonds is 3. The zero-order valence-corrected chi connectivity index (χ0v) is 34.7. The molecule has 1 radical (unpaired) electrons. The molecule has 10 aromatic rings. The molecular formula is C50H39IrN5O-2. The Bertz CT molecular complexity index is 3060. The quantitative estimate of drug-likeness (QED) is 0.166. The van der Waals surface area contributed by atoms with Gasteiger partial charge in [0.1, 0.15) is 16.9 Å². The van der Waals surface area contributed by atoms with Gasteiger partial charge in [-0.05, 0) is 78.5 Å². The predicted molar refractivity (Wildman–Crippen MR) is 227 cm³/mol. The number of para-hydroxylation sites is 4. The van der Waals surface area contributed by atoms with E-state index in [1.165, 1.54) is 11.1 Å². The van der Waals surface area contributed by atoms with E-state index >= 15 is 0 Å². The molecular weight excluding hydrogens is 879 g/mol. The zero-order chi connectivity index (χ0) is 38.2. The molecule has 5 heterocycles. The van der Waals surface area contributed by atoms with E-state index in [0.717, 1.165) is 83.8 Å². The van der Waals surface area contributed by atoms with E-state index < -0.39 is 0 Å². The van der Waals surface area contributed by atoms with Gasteiger partial charge in [0.2, 0.25) is 0 Å². The van der Waals surface area contributed by atoms with Crippen LogP contribution in [0.2, 0.25) is 0 Å². The molecule has 1 aliphatic rings. The van der Waals surface area contributed by atoms with Gasteiger partial charge in [0.05, 0.1) is 39.1 Å². The van der Waals surface area contributed by atoms with Crippen molar-refractivity contribution in [2.75, 3.05) is 0 Å². The minimum atomic E-state index is -0.210. The number of aromatic nitrogens is 5. The van der Waals surface area contributed by atoms with Crippen LogP contribution in [0.3, 0.4) is 0 Å². The van der Waals surface area contributed by atoms with Gasteiger partial charge in [-0.15, -0.1) is 54.1 Å². The SMILES string of the molecule is CC(C)(C)c1ccccc1-n1c(-c2[c-]ccc3c2oc2c3ccc3nc4n(c32)-c2ccccc2C4(C)C)nc2ccccc21.[Ir].[c-]1ccccc1-c1ccccn1. The summed E-state index contributed by atoms with van der Waals surface area (Å²) in [6.07, 6.45) is 1.79. The van der Waals surface area contributed by atoms with E-state index in [2.05, 4.69) is 146 Å². The summed E-state index contributed by atoms with van der Waals surface area (Å²) < 4.78 is 11.5. The number of hydrogen-bond acceptors (Lipinski definition) is 4. The molecule has 0 saturated carbocycles. The fraction of sp³-hybridized carbons (Fsp3) is 0.140. The van der Waals surface area contributed by atoms with Crippen LogP contribution in [0.1, 0.15) is 51.6 Å². The summed E-state index contributed by atoms with van der Waals surface area (Å²) in [6.45, 7) is 11.3. The van der Waals surface area contributed by atoms with Gasteiger partial charge in [-0.25, -0.2) is 4.98 Å². The Kier molecular flexibility index (Phi) is 8.84. The van der Waals surface area contributed by atoms with Crippen molar-refractivity contribution in [3.05, 3.63) is 175 Å². The average Bonchev–Trinajstić information content (AvgIpc) is 3.97. The van der Waals surface area contributed by atoms with Crippen LogP contribution in [0, 0.1) is 12.1 Å². The molecule has 6 nitrogen and oxygen atoms in total. The minimum absolute atomic E-state index is 0. The second-order valence-electron chi connectivity index (χ2n) is 15.9. The van der Waals surface area contributed by atoms with E-state index in [1.807, 2.05) is 54.6 Å². The molecule has 0 fully saturated rings. The van der Waals surface area contributed by atoms with E-state index in [4.69, 9.17) is 14.4 Å². The predicted octanol–water partition coefficient (Wildman–Crippen LogP) is 12.2. The minimum Gasteiger partial charge on any atom is -0.498 e. The Labute approximate surface area is 345 Å². The first-order chi connectivity index (χ1) is 27.2. The molecule has 0 saturated heterocycles. The van der Waals surface area contributed by atoms with Crippen LogP contribution in [0.15, 0.2) is 150 Å². The summed E-state index contributed by atoms with van der Waals surface area (Å²) in [5.41, 5.74) is 12.9. The number of benzene rings is 6. The van der Waals surface area contributed by atoms with Crippen LogP contribution < -0.4 is 0 Å². The van der Waals surface area contributed by atoms with E-state index in [-0.39, 0.29) is 30.9 Å². The molecule has 11 rings (SSSR count). The largest absolute Gasteiger partial charge is 0.498 e. The molecule has 0 N–H and O–H groups in total. The summed E-state index contributed by atoms with van der Waals surface area (Å²) in [5, 5.41) is 2.10. The van der Waals surface area contributed by atoms with Crippen molar-refractivity contribution in [2.24, 2.45) is 0 Å². The van der Waals surface area contributed by atoms with Crippen LogP contribution in [-0.2, 0) is 30.9 Å². The molecule has 6 aromatic carbocycles. The number of nitrogens with zero attached hydrogens (tertiary/aromatic N) is 5. The molecule has 0 aliphatic carbocycles. The molecule has 0 atom stereocenters. The van der Waals surface area contributed by atoms with Crippen LogP contribution in [0.25, 0.3) is 78.0 Å². The van der Waals surface area contributed by atoms with Crippen molar-refractivity contribution in [3.63, 3.8) is 0 Å². The molecule has 1 aliphatic heterocycles. The van der Waals surface area contributed by atoms with Gasteiger partial charge in [-0.1, -0.05) is 92.4 Å². The van der Waals surface area contributed by atoms with E-state index in [0.29, 0.717) is 0 Å². The number of hydrogen-bond donors (Lipinski definition) is 0. The Balaban J connectivity index is 0.000000279. The topological polar surface area (TPSA) is 61.7 Å². The number of fused-ring (bicyclic) bond motifs is 10. The summed E-state index contributed by atoms with van der Waals surface area (Å²) >= 11 is 0. The van der Waals surface area contributed by atoms with Crippen molar-refractivity contribution in [1.82, 2.24) is 24.1 Å². The van der Waals surface area contributed by atoms with Gasteiger partial charge < -0.3 is 14.0 Å². The van der Waals surface area contributed by atoms with Crippen molar-refractivity contribution < 1.29 is 24.5 Å². The van der Waals surface area contributed by atoms with Crippen LogP contribution >= 0.6 is 0 Å². The van der Waals surface area contributed by atoms with Gasteiger partial charge in [-0.2, -0.15) is 0 Å². The molecule has 0 spiro atoms. The fourth-order valence-electron chi connectivity index (χ4n) is 8.31. The maximum Gasteiger partial charge on any atom is 0.147 e. The Morgan fingerprint density at radius 1 is 0.632 bits per heavy atom. The van der Waals surface area contributed by atoms with Crippen LogP contribution in [0.5, 0.6) is 0 Å². The molecule has 0 unspecified atom stereocenters. The van der Waals surface area contributed by atoms with Gasteiger partial charge in [0.25, 0.3) is 0 Å². The van der Waals surface area contributed by atoms with Gasteiger partial charge in [-0.3, -0.25) is 9.55 Å². The van der Waals surface area contributed by atoms with E-state index in [9.17, 15) is 0 Å². The number of pyridine rings is 1. The molecule has 281 valence electrons. The number of furan rings is 1. The Morgan fingerprint density at radius 3 is 2.16 bits per heavy atom. The fourth-order valence-corrected chi connectivity index (χ4v) is 8.31. The third-order valence-corrected chi connectivity index (χ3v) is 11.0. The third kappa shape index (κ3) is 5.84.